The van der Waals surface area contributed by atoms with Crippen LogP contribution in [-0.2, 0) is 0 Å². The highest BCUT2D eigenvalue weighted by molar-refractivity contribution is 5.93. The van der Waals surface area contributed by atoms with E-state index in [0.29, 0.717) is 0 Å². The van der Waals surface area contributed by atoms with Crippen molar-refractivity contribution in [3.05, 3.63) is 55.0 Å². The maximum Gasteiger partial charge on any atom is 0.129 e. The molecule has 0 aliphatic carbocycles. The van der Waals surface area contributed by atoms with Gasteiger partial charge in [-0.1, -0.05) is 19.4 Å². The summed E-state index contributed by atoms with van der Waals surface area (Å²) in [4.78, 5) is 16.1. The van der Waals surface area contributed by atoms with Crippen LogP contribution < -0.4 is 4.90 Å². The van der Waals surface area contributed by atoms with Gasteiger partial charge in [0.2, 0.25) is 0 Å². The van der Waals surface area contributed by atoms with Crippen LogP contribution in [0.4, 0.5) is 5.82 Å². The lowest BCUT2D eigenvalue weighted by Gasteiger charge is -2.18. The molecule has 0 radical (unpaired) electrons. The summed E-state index contributed by atoms with van der Waals surface area (Å²) in [7, 11) is 0. The van der Waals surface area contributed by atoms with Gasteiger partial charge < -0.3 is 4.90 Å². The molecule has 5 heterocycles. The molecule has 1 aliphatic heterocycles. The van der Waals surface area contributed by atoms with Gasteiger partial charge in [-0.3, -0.25) is 15.1 Å². The Bertz CT molecular complexity index is 1120. The fraction of sp³-hybridized carbons (Fsp3) is 0.304. The van der Waals surface area contributed by atoms with E-state index in [2.05, 4.69) is 50.2 Å². The number of nitrogens with zero attached hydrogens (tertiary/aromatic N) is 5. The van der Waals surface area contributed by atoms with Crippen molar-refractivity contribution in [3.63, 3.8) is 0 Å². The third kappa shape index (κ3) is 3.46. The summed E-state index contributed by atoms with van der Waals surface area (Å²) in [5.41, 5.74) is 4.52. The second-order valence-corrected chi connectivity index (χ2v) is 7.70. The molecule has 4 aromatic heterocycles. The van der Waals surface area contributed by atoms with Crippen LogP contribution >= 0.6 is 0 Å². The lowest BCUT2D eigenvalue weighted by atomic mass is 10.0. The zero-order chi connectivity index (χ0) is 19.6. The Balaban J connectivity index is 1.50. The van der Waals surface area contributed by atoms with Crippen molar-refractivity contribution in [2.45, 2.75) is 26.2 Å². The van der Waals surface area contributed by atoms with Gasteiger partial charge in [0.05, 0.1) is 23.1 Å². The van der Waals surface area contributed by atoms with Crippen molar-refractivity contribution in [1.82, 2.24) is 25.1 Å². The highest BCUT2D eigenvalue weighted by Gasteiger charge is 2.23. The summed E-state index contributed by atoms with van der Waals surface area (Å²) < 4.78 is 0. The van der Waals surface area contributed by atoms with Crippen LogP contribution in [0.2, 0.25) is 0 Å². The fourth-order valence-corrected chi connectivity index (χ4v) is 4.20. The summed E-state index contributed by atoms with van der Waals surface area (Å²) in [5, 5.41) is 8.67. The molecule has 4 aromatic rings. The number of anilines is 1. The van der Waals surface area contributed by atoms with Crippen LogP contribution in [0.3, 0.4) is 0 Å². The lowest BCUT2D eigenvalue weighted by molar-refractivity contribution is 0.529. The molecule has 5 rings (SSSR count). The van der Waals surface area contributed by atoms with Crippen molar-refractivity contribution < 1.29 is 0 Å². The van der Waals surface area contributed by atoms with Crippen molar-refractivity contribution in [2.24, 2.45) is 5.92 Å². The van der Waals surface area contributed by atoms with E-state index in [1.807, 2.05) is 30.6 Å². The van der Waals surface area contributed by atoms with Gasteiger partial charge in [-0.05, 0) is 49.1 Å². The normalized spacial score (nSPS) is 16.6. The number of hydrogen-bond acceptors (Lipinski definition) is 5. The van der Waals surface area contributed by atoms with Gasteiger partial charge in [-0.15, -0.1) is 0 Å². The number of nitrogens with one attached hydrogen (secondary N) is 1. The Morgan fingerprint density at radius 2 is 2.10 bits per heavy atom. The average Bonchev–Trinajstić information content (AvgIpc) is 3.41. The molecule has 1 saturated heterocycles. The van der Waals surface area contributed by atoms with Crippen LogP contribution in [0.15, 0.2) is 55.0 Å². The summed E-state index contributed by atoms with van der Waals surface area (Å²) in [5.74, 6) is 1.82. The number of pyridine rings is 3. The van der Waals surface area contributed by atoms with Gasteiger partial charge >= 0.3 is 0 Å². The largest absolute Gasteiger partial charge is 0.356 e. The summed E-state index contributed by atoms with van der Waals surface area (Å²) in [6.45, 7) is 4.44. The molecule has 1 N–H and O–H groups in total. The van der Waals surface area contributed by atoms with Crippen LogP contribution in [0.25, 0.3) is 33.5 Å². The van der Waals surface area contributed by atoms with E-state index in [4.69, 9.17) is 4.98 Å². The lowest BCUT2D eigenvalue weighted by Crippen LogP contribution is -2.20. The first kappa shape index (κ1) is 17.8. The molecule has 0 saturated carbocycles. The third-order valence-corrected chi connectivity index (χ3v) is 5.69. The molecule has 0 aromatic carbocycles. The smallest absolute Gasteiger partial charge is 0.129 e. The number of hydrogen-bond donors (Lipinski definition) is 1. The van der Waals surface area contributed by atoms with Crippen molar-refractivity contribution in [3.8, 4) is 22.6 Å². The van der Waals surface area contributed by atoms with Crippen LogP contribution in [0.5, 0.6) is 0 Å². The fourth-order valence-electron chi connectivity index (χ4n) is 4.20. The standard InChI is InChI=1S/C23H24N6/c1-2-5-16-9-11-29(15-16)22-8-3-7-19(26-22)23-18-12-20(17-6-4-10-24-13-17)25-14-21(18)27-28-23/h3-4,6-8,10,12-14,16H,2,5,9,11,15H2,1H3,(H,27,28). The summed E-state index contributed by atoms with van der Waals surface area (Å²) in [6.07, 6.45) is 9.22. The van der Waals surface area contributed by atoms with Crippen LogP contribution in [-0.4, -0.2) is 38.2 Å². The maximum absolute atomic E-state index is 4.96. The molecule has 29 heavy (non-hydrogen) atoms. The quantitative estimate of drug-likeness (QED) is 0.540. The molecule has 146 valence electrons. The second-order valence-electron chi connectivity index (χ2n) is 7.70. The van der Waals surface area contributed by atoms with Crippen molar-refractivity contribution in [2.75, 3.05) is 18.0 Å². The van der Waals surface area contributed by atoms with E-state index >= 15 is 0 Å². The van der Waals surface area contributed by atoms with E-state index in [-0.39, 0.29) is 0 Å². The van der Waals surface area contributed by atoms with Crippen molar-refractivity contribution >= 4 is 16.7 Å². The molecular formula is C23H24N6. The zero-order valence-electron chi connectivity index (χ0n) is 16.5. The highest BCUT2D eigenvalue weighted by Crippen LogP contribution is 2.30. The Morgan fingerprint density at radius 3 is 2.97 bits per heavy atom. The molecule has 6 nitrogen and oxygen atoms in total. The number of rotatable bonds is 5. The Morgan fingerprint density at radius 1 is 1.14 bits per heavy atom. The minimum atomic E-state index is 0.782. The van der Waals surface area contributed by atoms with E-state index in [0.717, 1.165) is 58.4 Å². The topological polar surface area (TPSA) is 70.6 Å². The summed E-state index contributed by atoms with van der Waals surface area (Å²) in [6, 6.07) is 12.2. The maximum atomic E-state index is 4.96. The van der Waals surface area contributed by atoms with E-state index in [1.165, 1.54) is 19.3 Å². The number of fused-ring (bicyclic) bond motifs is 1. The van der Waals surface area contributed by atoms with Gasteiger partial charge in [0, 0.05) is 36.4 Å². The van der Waals surface area contributed by atoms with Gasteiger partial charge in [0.1, 0.15) is 11.5 Å². The molecule has 1 atom stereocenters. The Hall–Kier alpha value is -3.28. The second kappa shape index (κ2) is 7.62. The Labute approximate surface area is 170 Å². The van der Waals surface area contributed by atoms with Crippen LogP contribution in [0, 0.1) is 5.92 Å². The number of aromatic amines is 1. The predicted octanol–water partition coefficient (Wildman–Crippen LogP) is 4.71. The van der Waals surface area contributed by atoms with E-state index in [9.17, 15) is 0 Å². The monoisotopic (exact) mass is 384 g/mol. The molecule has 0 bridgehead atoms. The van der Waals surface area contributed by atoms with Gasteiger partial charge in [-0.2, -0.15) is 5.10 Å². The van der Waals surface area contributed by atoms with Gasteiger partial charge in [0.25, 0.3) is 0 Å². The molecule has 1 fully saturated rings. The van der Waals surface area contributed by atoms with Gasteiger partial charge in [0.15, 0.2) is 0 Å². The first-order valence-corrected chi connectivity index (χ1v) is 10.3. The average molecular weight is 384 g/mol. The minimum absolute atomic E-state index is 0.782. The third-order valence-electron chi connectivity index (χ3n) is 5.69. The number of H-pyrrole nitrogens is 1. The molecule has 0 amide bonds. The number of aromatic nitrogens is 5. The molecule has 0 spiro atoms. The predicted molar refractivity (Wildman–Crippen MR) is 116 cm³/mol. The highest BCUT2D eigenvalue weighted by atomic mass is 15.2. The summed E-state index contributed by atoms with van der Waals surface area (Å²) >= 11 is 0. The Kier molecular flexibility index (Phi) is 4.68. The SMILES string of the molecule is CCCC1CCN(c2cccc(-c3n[nH]c4cnc(-c5cccnc5)cc34)n2)C1. The van der Waals surface area contributed by atoms with Crippen molar-refractivity contribution in [1.29, 1.82) is 0 Å². The molecular weight excluding hydrogens is 360 g/mol. The minimum Gasteiger partial charge on any atom is -0.356 e. The molecule has 6 heteroatoms. The molecule has 1 aliphatic rings. The molecule has 1 unspecified atom stereocenters. The first-order valence-electron chi connectivity index (χ1n) is 10.3. The van der Waals surface area contributed by atoms with E-state index < -0.39 is 0 Å². The zero-order valence-corrected chi connectivity index (χ0v) is 16.5. The van der Waals surface area contributed by atoms with Crippen LogP contribution in [0.1, 0.15) is 26.2 Å². The van der Waals surface area contributed by atoms with E-state index in [1.54, 1.807) is 6.20 Å². The van der Waals surface area contributed by atoms with Gasteiger partial charge in [-0.25, -0.2) is 4.98 Å². The first-order chi connectivity index (χ1) is 14.3.